The Morgan fingerprint density at radius 2 is 1.90 bits per heavy atom. The smallest absolute Gasteiger partial charge is 0.0685 e. The van der Waals surface area contributed by atoms with Crippen LogP contribution >= 0.6 is 0 Å². The number of ether oxygens (including phenoxy) is 1. The zero-order valence-corrected chi connectivity index (χ0v) is 14.2. The standard InChI is InChI=1S/C19H35NO/c1-3-15-7-8-16(13-15)18(20-2)17-9-12-21-19(14-17)10-5-4-6-11-19/h15-18,20H,3-14H2,1-2H3. The van der Waals surface area contributed by atoms with Gasteiger partial charge in [-0.25, -0.2) is 0 Å². The van der Waals surface area contributed by atoms with Crippen LogP contribution in [0.3, 0.4) is 0 Å². The summed E-state index contributed by atoms with van der Waals surface area (Å²) in [4.78, 5) is 0. The van der Waals surface area contributed by atoms with Gasteiger partial charge in [-0.15, -0.1) is 0 Å². The van der Waals surface area contributed by atoms with Crippen molar-refractivity contribution in [3.05, 3.63) is 0 Å². The van der Waals surface area contributed by atoms with Crippen LogP contribution < -0.4 is 5.32 Å². The first-order valence-corrected chi connectivity index (χ1v) is 9.57. The minimum Gasteiger partial charge on any atom is -0.375 e. The number of hydrogen-bond acceptors (Lipinski definition) is 2. The molecular weight excluding hydrogens is 258 g/mol. The Kier molecular flexibility index (Phi) is 5.27. The van der Waals surface area contributed by atoms with Crippen LogP contribution in [0.5, 0.6) is 0 Å². The van der Waals surface area contributed by atoms with Crippen LogP contribution in [0.4, 0.5) is 0 Å². The van der Waals surface area contributed by atoms with Crippen LogP contribution in [0.15, 0.2) is 0 Å². The molecule has 4 unspecified atom stereocenters. The lowest BCUT2D eigenvalue weighted by molar-refractivity contribution is -0.123. The lowest BCUT2D eigenvalue weighted by Crippen LogP contribution is -2.49. The molecule has 1 heterocycles. The molecule has 21 heavy (non-hydrogen) atoms. The zero-order valence-electron chi connectivity index (χ0n) is 14.2. The van der Waals surface area contributed by atoms with Crippen molar-refractivity contribution >= 4 is 0 Å². The Labute approximate surface area is 131 Å². The van der Waals surface area contributed by atoms with Crippen LogP contribution in [0.25, 0.3) is 0 Å². The molecule has 4 atom stereocenters. The summed E-state index contributed by atoms with van der Waals surface area (Å²) in [5.74, 6) is 2.76. The van der Waals surface area contributed by atoms with Crippen molar-refractivity contribution in [3.63, 3.8) is 0 Å². The maximum Gasteiger partial charge on any atom is 0.0685 e. The van der Waals surface area contributed by atoms with E-state index in [0.29, 0.717) is 0 Å². The first-order chi connectivity index (χ1) is 10.3. The average Bonchev–Trinajstić information content (AvgIpc) is 2.98. The van der Waals surface area contributed by atoms with Crippen molar-refractivity contribution in [2.24, 2.45) is 17.8 Å². The Balaban J connectivity index is 1.63. The summed E-state index contributed by atoms with van der Waals surface area (Å²) in [5, 5.41) is 3.72. The van der Waals surface area contributed by atoms with Gasteiger partial charge >= 0.3 is 0 Å². The fraction of sp³-hybridized carbons (Fsp3) is 1.00. The molecule has 2 heteroatoms. The van der Waals surface area contributed by atoms with Gasteiger partial charge in [-0.2, -0.15) is 0 Å². The van der Waals surface area contributed by atoms with Gasteiger partial charge in [0.15, 0.2) is 0 Å². The normalized spacial score (nSPS) is 37.7. The third-order valence-electron chi connectivity index (χ3n) is 6.80. The van der Waals surface area contributed by atoms with E-state index in [2.05, 4.69) is 19.3 Å². The van der Waals surface area contributed by atoms with Crippen LogP contribution in [0, 0.1) is 17.8 Å². The zero-order chi connectivity index (χ0) is 14.7. The predicted octanol–water partition coefficient (Wildman–Crippen LogP) is 4.53. The van der Waals surface area contributed by atoms with Gasteiger partial charge in [-0.05, 0) is 63.3 Å². The molecule has 2 saturated carbocycles. The molecule has 0 amide bonds. The van der Waals surface area contributed by atoms with E-state index in [-0.39, 0.29) is 5.60 Å². The minimum atomic E-state index is 0.263. The lowest BCUT2D eigenvalue weighted by Gasteiger charge is -2.46. The van der Waals surface area contributed by atoms with Gasteiger partial charge in [-0.1, -0.05) is 39.0 Å². The summed E-state index contributed by atoms with van der Waals surface area (Å²) < 4.78 is 6.31. The van der Waals surface area contributed by atoms with Gasteiger partial charge < -0.3 is 10.1 Å². The van der Waals surface area contributed by atoms with E-state index in [1.807, 2.05) is 0 Å². The first-order valence-electron chi connectivity index (χ1n) is 9.57. The fourth-order valence-corrected chi connectivity index (χ4v) is 5.58. The van der Waals surface area contributed by atoms with Crippen LogP contribution in [-0.4, -0.2) is 25.3 Å². The monoisotopic (exact) mass is 293 g/mol. The summed E-state index contributed by atoms with van der Waals surface area (Å²) >= 11 is 0. The van der Waals surface area contributed by atoms with E-state index in [0.717, 1.165) is 30.4 Å². The van der Waals surface area contributed by atoms with E-state index in [1.165, 1.54) is 70.6 Å². The van der Waals surface area contributed by atoms with Crippen LogP contribution in [-0.2, 0) is 4.74 Å². The number of hydrogen-bond donors (Lipinski definition) is 1. The summed E-state index contributed by atoms with van der Waals surface area (Å²) in [6, 6.07) is 0.740. The second kappa shape index (κ2) is 7.00. The Morgan fingerprint density at radius 1 is 1.10 bits per heavy atom. The van der Waals surface area contributed by atoms with Gasteiger partial charge in [0.1, 0.15) is 0 Å². The Bertz CT molecular complexity index is 318. The second-order valence-corrected chi connectivity index (χ2v) is 8.01. The van der Waals surface area contributed by atoms with Gasteiger partial charge in [-0.3, -0.25) is 0 Å². The molecule has 0 aromatic heterocycles. The van der Waals surface area contributed by atoms with Gasteiger partial charge in [0.2, 0.25) is 0 Å². The van der Waals surface area contributed by atoms with E-state index >= 15 is 0 Å². The SMILES string of the molecule is CCC1CCC(C(NC)C2CCOC3(CCCCC3)C2)C1. The predicted molar refractivity (Wildman–Crippen MR) is 88.5 cm³/mol. The molecule has 0 aromatic carbocycles. The van der Waals surface area contributed by atoms with Crippen molar-refractivity contribution < 1.29 is 4.74 Å². The first kappa shape index (κ1) is 15.8. The summed E-state index contributed by atoms with van der Waals surface area (Å²) in [7, 11) is 2.20. The minimum absolute atomic E-state index is 0.263. The highest BCUT2D eigenvalue weighted by atomic mass is 16.5. The van der Waals surface area contributed by atoms with Crippen LogP contribution in [0.2, 0.25) is 0 Å². The largest absolute Gasteiger partial charge is 0.375 e. The topological polar surface area (TPSA) is 21.3 Å². The van der Waals surface area contributed by atoms with Gasteiger partial charge in [0.25, 0.3) is 0 Å². The van der Waals surface area contributed by atoms with Crippen molar-refractivity contribution in [1.82, 2.24) is 5.32 Å². The molecule has 3 rings (SSSR count). The highest BCUT2D eigenvalue weighted by Crippen LogP contribution is 2.45. The molecule has 0 aromatic rings. The third kappa shape index (κ3) is 3.47. The molecule has 1 saturated heterocycles. The second-order valence-electron chi connectivity index (χ2n) is 8.01. The van der Waals surface area contributed by atoms with E-state index in [4.69, 9.17) is 4.74 Å². The summed E-state index contributed by atoms with van der Waals surface area (Å²) in [6.07, 6.45) is 15.2. The maximum absolute atomic E-state index is 6.31. The molecular formula is C19H35NO. The molecule has 122 valence electrons. The van der Waals surface area contributed by atoms with E-state index in [1.54, 1.807) is 0 Å². The van der Waals surface area contributed by atoms with Crippen molar-refractivity contribution in [3.8, 4) is 0 Å². The molecule has 3 fully saturated rings. The summed E-state index contributed by atoms with van der Waals surface area (Å²) in [6.45, 7) is 3.37. The van der Waals surface area contributed by atoms with E-state index in [9.17, 15) is 0 Å². The molecule has 0 bridgehead atoms. The lowest BCUT2D eigenvalue weighted by atomic mass is 9.71. The van der Waals surface area contributed by atoms with Gasteiger partial charge in [0.05, 0.1) is 5.60 Å². The Hall–Kier alpha value is -0.0800. The number of nitrogens with one attached hydrogen (secondary N) is 1. The molecule has 2 aliphatic carbocycles. The summed E-state index contributed by atoms with van der Waals surface area (Å²) in [5.41, 5.74) is 0.263. The fourth-order valence-electron chi connectivity index (χ4n) is 5.58. The molecule has 2 nitrogen and oxygen atoms in total. The highest BCUT2D eigenvalue weighted by Gasteiger charge is 2.43. The molecule has 1 spiro atoms. The van der Waals surface area contributed by atoms with Crippen LogP contribution in [0.1, 0.15) is 77.6 Å². The van der Waals surface area contributed by atoms with Crippen molar-refractivity contribution in [2.75, 3.05) is 13.7 Å². The maximum atomic E-state index is 6.31. The number of rotatable bonds is 4. The average molecular weight is 293 g/mol. The van der Waals surface area contributed by atoms with Crippen molar-refractivity contribution in [2.45, 2.75) is 89.2 Å². The van der Waals surface area contributed by atoms with Crippen molar-refractivity contribution in [1.29, 1.82) is 0 Å². The molecule has 1 N–H and O–H groups in total. The molecule has 0 radical (unpaired) electrons. The molecule has 3 aliphatic rings. The Morgan fingerprint density at radius 3 is 2.57 bits per heavy atom. The van der Waals surface area contributed by atoms with Gasteiger partial charge in [0, 0.05) is 12.6 Å². The third-order valence-corrected chi connectivity index (χ3v) is 6.80. The van der Waals surface area contributed by atoms with E-state index < -0.39 is 0 Å². The highest BCUT2D eigenvalue weighted by molar-refractivity contribution is 4.96. The quantitative estimate of drug-likeness (QED) is 0.822. The molecule has 1 aliphatic heterocycles.